The second-order valence-corrected chi connectivity index (χ2v) is 8.19. The van der Waals surface area contributed by atoms with Crippen molar-refractivity contribution in [3.05, 3.63) is 47.8 Å². The van der Waals surface area contributed by atoms with Crippen LogP contribution in [0.3, 0.4) is 0 Å². The molecule has 5 nitrogen and oxygen atoms in total. The number of nitrogens with zero attached hydrogens (tertiary/aromatic N) is 4. The molecule has 4 rings (SSSR count). The Labute approximate surface area is 159 Å². The predicted molar refractivity (Wildman–Crippen MR) is 102 cm³/mol. The van der Waals surface area contributed by atoms with Gasteiger partial charge in [-0.25, -0.2) is 9.37 Å². The van der Waals surface area contributed by atoms with Crippen molar-refractivity contribution in [1.82, 2.24) is 19.4 Å². The average molecular weight is 370 g/mol. The molecule has 1 aromatic heterocycles. The first-order valence-electron chi connectivity index (χ1n) is 9.80. The minimum atomic E-state index is -0.237. The average Bonchev–Trinajstić information content (AvgIpc) is 3.05. The molecule has 3 heterocycles. The third-order valence-electron chi connectivity index (χ3n) is 5.68. The minimum absolute atomic E-state index is 0.231. The molecule has 0 N–H and O–H groups in total. The topological polar surface area (TPSA) is 41.4 Å². The first-order valence-corrected chi connectivity index (χ1v) is 9.80. The van der Waals surface area contributed by atoms with Crippen molar-refractivity contribution in [3.8, 4) is 5.69 Å². The van der Waals surface area contributed by atoms with Gasteiger partial charge in [0.1, 0.15) is 5.82 Å². The van der Waals surface area contributed by atoms with Gasteiger partial charge in [0.25, 0.3) is 0 Å². The quantitative estimate of drug-likeness (QED) is 0.834. The minimum Gasteiger partial charge on any atom is -0.341 e. The van der Waals surface area contributed by atoms with Crippen LogP contribution in [0.15, 0.2) is 30.6 Å². The van der Waals surface area contributed by atoms with Gasteiger partial charge in [-0.3, -0.25) is 9.69 Å². The number of rotatable bonds is 3. The van der Waals surface area contributed by atoms with E-state index in [1.807, 2.05) is 9.47 Å². The number of aromatic nitrogens is 2. The molecule has 6 heteroatoms. The lowest BCUT2D eigenvalue weighted by Crippen LogP contribution is -2.47. The smallest absolute Gasteiger partial charge is 0.236 e. The lowest BCUT2D eigenvalue weighted by Gasteiger charge is -2.36. The number of hydrogen-bond donors (Lipinski definition) is 0. The Morgan fingerprint density at radius 1 is 1.19 bits per heavy atom. The van der Waals surface area contributed by atoms with Crippen LogP contribution in [0.1, 0.15) is 31.7 Å². The molecule has 0 saturated carbocycles. The van der Waals surface area contributed by atoms with E-state index in [4.69, 9.17) is 0 Å². The third-order valence-corrected chi connectivity index (χ3v) is 5.68. The number of carbonyl (C=O) groups excluding carboxylic acids is 1. The Morgan fingerprint density at radius 3 is 2.59 bits per heavy atom. The number of amides is 1. The molecule has 27 heavy (non-hydrogen) atoms. The van der Waals surface area contributed by atoms with E-state index in [0.29, 0.717) is 24.9 Å². The van der Waals surface area contributed by atoms with Crippen LogP contribution in [-0.4, -0.2) is 51.4 Å². The summed E-state index contributed by atoms with van der Waals surface area (Å²) >= 11 is 0. The number of benzene rings is 1. The van der Waals surface area contributed by atoms with Crippen LogP contribution >= 0.6 is 0 Å². The third kappa shape index (κ3) is 3.90. The summed E-state index contributed by atoms with van der Waals surface area (Å²) < 4.78 is 15.2. The number of imidazole rings is 1. The zero-order valence-corrected chi connectivity index (χ0v) is 16.1. The fourth-order valence-electron chi connectivity index (χ4n) is 4.48. The van der Waals surface area contributed by atoms with Gasteiger partial charge in [0.15, 0.2) is 0 Å². The summed E-state index contributed by atoms with van der Waals surface area (Å²) in [7, 11) is 0. The Kier molecular flexibility index (Phi) is 5.00. The van der Waals surface area contributed by atoms with Crippen LogP contribution in [-0.2, 0) is 17.8 Å². The molecule has 0 radical (unpaired) electrons. The number of likely N-dealkylation sites (tertiary alicyclic amines) is 1. The van der Waals surface area contributed by atoms with Gasteiger partial charge < -0.3 is 9.47 Å². The van der Waals surface area contributed by atoms with Crippen molar-refractivity contribution >= 4 is 5.91 Å². The van der Waals surface area contributed by atoms with Gasteiger partial charge in [-0.2, -0.15) is 0 Å². The maximum atomic E-state index is 13.2. The summed E-state index contributed by atoms with van der Waals surface area (Å²) in [5, 5.41) is 0. The number of fused-ring (bicyclic) bond motifs is 1. The first kappa shape index (κ1) is 18.2. The molecule has 144 valence electrons. The van der Waals surface area contributed by atoms with E-state index in [1.54, 1.807) is 18.5 Å². The van der Waals surface area contributed by atoms with E-state index in [2.05, 4.69) is 23.7 Å². The van der Waals surface area contributed by atoms with Gasteiger partial charge in [0, 0.05) is 44.0 Å². The van der Waals surface area contributed by atoms with Gasteiger partial charge in [-0.15, -0.1) is 0 Å². The highest BCUT2D eigenvalue weighted by Crippen LogP contribution is 2.23. The van der Waals surface area contributed by atoms with Crippen LogP contribution in [0.4, 0.5) is 4.39 Å². The molecule has 2 aliphatic heterocycles. The van der Waals surface area contributed by atoms with Crippen LogP contribution < -0.4 is 0 Å². The van der Waals surface area contributed by atoms with Gasteiger partial charge in [-0.05, 0) is 42.5 Å². The zero-order valence-electron chi connectivity index (χ0n) is 16.1. The fraction of sp³-hybridized carbons (Fsp3) is 0.524. The number of hydrogen-bond acceptors (Lipinski definition) is 3. The normalized spacial score (nSPS) is 23.3. The van der Waals surface area contributed by atoms with E-state index in [1.165, 1.54) is 18.6 Å². The maximum Gasteiger partial charge on any atom is 0.236 e. The number of piperidine rings is 1. The highest BCUT2D eigenvalue weighted by atomic mass is 19.1. The number of halogens is 1. The van der Waals surface area contributed by atoms with Gasteiger partial charge >= 0.3 is 0 Å². The fourth-order valence-corrected chi connectivity index (χ4v) is 4.48. The van der Waals surface area contributed by atoms with Gasteiger partial charge in [0.05, 0.1) is 18.6 Å². The van der Waals surface area contributed by atoms with Crippen molar-refractivity contribution in [2.24, 2.45) is 11.8 Å². The second-order valence-electron chi connectivity index (χ2n) is 8.19. The summed E-state index contributed by atoms with van der Waals surface area (Å²) in [6.45, 7) is 8.19. The molecule has 1 aromatic carbocycles. The lowest BCUT2D eigenvalue weighted by molar-refractivity contribution is -0.135. The van der Waals surface area contributed by atoms with Crippen LogP contribution in [0.25, 0.3) is 5.69 Å². The van der Waals surface area contributed by atoms with E-state index in [9.17, 15) is 9.18 Å². The molecule has 1 fully saturated rings. The van der Waals surface area contributed by atoms with Gasteiger partial charge in [-0.1, -0.05) is 13.8 Å². The zero-order chi connectivity index (χ0) is 19.0. The highest BCUT2D eigenvalue weighted by molar-refractivity contribution is 5.78. The van der Waals surface area contributed by atoms with Crippen LogP contribution in [0, 0.1) is 17.7 Å². The van der Waals surface area contributed by atoms with Crippen LogP contribution in [0.5, 0.6) is 0 Å². The second kappa shape index (κ2) is 7.43. The summed E-state index contributed by atoms with van der Waals surface area (Å²) in [4.78, 5) is 21.5. The maximum absolute atomic E-state index is 13.2. The van der Waals surface area contributed by atoms with E-state index in [0.717, 1.165) is 43.1 Å². The molecule has 0 aliphatic carbocycles. The summed E-state index contributed by atoms with van der Waals surface area (Å²) in [6, 6.07) is 6.48. The molecular formula is C21H27FN4O. The van der Waals surface area contributed by atoms with Crippen molar-refractivity contribution in [2.75, 3.05) is 26.2 Å². The molecular weight excluding hydrogens is 343 g/mol. The highest BCUT2D eigenvalue weighted by Gasteiger charge is 2.28. The Morgan fingerprint density at radius 2 is 1.89 bits per heavy atom. The summed E-state index contributed by atoms with van der Waals surface area (Å²) in [6.07, 6.45) is 3.85. The van der Waals surface area contributed by atoms with Crippen LogP contribution in [0.2, 0.25) is 0 Å². The SMILES string of the molecule is CC1CC(C)CN(C(=O)CN2CCc3c(ncn3-c3ccc(F)cc3)C2)C1. The Balaban J connectivity index is 1.42. The van der Waals surface area contributed by atoms with E-state index >= 15 is 0 Å². The molecule has 1 saturated heterocycles. The van der Waals surface area contributed by atoms with Crippen molar-refractivity contribution in [3.63, 3.8) is 0 Å². The largest absolute Gasteiger partial charge is 0.341 e. The van der Waals surface area contributed by atoms with Crippen molar-refractivity contribution < 1.29 is 9.18 Å². The molecule has 1 amide bonds. The lowest BCUT2D eigenvalue weighted by atomic mass is 9.92. The first-order chi connectivity index (χ1) is 13.0. The Hall–Kier alpha value is -2.21. The molecule has 2 unspecified atom stereocenters. The molecule has 0 spiro atoms. The number of carbonyl (C=O) groups is 1. The van der Waals surface area contributed by atoms with Crippen molar-refractivity contribution in [2.45, 2.75) is 33.2 Å². The molecule has 2 aromatic rings. The summed E-state index contributed by atoms with van der Waals surface area (Å²) in [5.74, 6) is 1.16. The predicted octanol–water partition coefficient (Wildman–Crippen LogP) is 2.87. The van der Waals surface area contributed by atoms with E-state index in [-0.39, 0.29) is 11.7 Å². The molecule has 0 bridgehead atoms. The van der Waals surface area contributed by atoms with Crippen molar-refractivity contribution in [1.29, 1.82) is 0 Å². The molecule has 2 atom stereocenters. The monoisotopic (exact) mass is 370 g/mol. The van der Waals surface area contributed by atoms with Gasteiger partial charge in [0.2, 0.25) is 5.91 Å². The Bertz CT molecular complexity index is 806. The summed E-state index contributed by atoms with van der Waals surface area (Å²) in [5.41, 5.74) is 3.09. The standard InChI is InChI=1S/C21H27FN4O/c1-15-9-16(2)11-25(10-15)21(27)13-24-8-7-20-19(12-24)23-14-26(20)18-5-3-17(22)4-6-18/h3-6,14-16H,7-13H2,1-2H3. The van der Waals surface area contributed by atoms with E-state index < -0.39 is 0 Å². The molecule has 2 aliphatic rings.